The number of hydrogen-bond donors (Lipinski definition) is 1. The first-order valence-electron chi connectivity index (χ1n) is 5.65. The van der Waals surface area contributed by atoms with Gasteiger partial charge in [0, 0.05) is 5.56 Å². The van der Waals surface area contributed by atoms with Gasteiger partial charge in [-0.15, -0.1) is 5.92 Å². The van der Waals surface area contributed by atoms with Crippen LogP contribution in [0.2, 0.25) is 0 Å². The highest BCUT2D eigenvalue weighted by Crippen LogP contribution is 2.24. The van der Waals surface area contributed by atoms with Crippen molar-refractivity contribution in [1.82, 2.24) is 5.32 Å². The largest absolute Gasteiger partial charge is 0.337 e. The van der Waals surface area contributed by atoms with Crippen LogP contribution in [0, 0.1) is 17.8 Å². The second-order valence-corrected chi connectivity index (χ2v) is 4.04. The van der Waals surface area contributed by atoms with E-state index in [2.05, 4.69) is 17.2 Å². The molecule has 0 saturated carbocycles. The molecule has 2 rings (SSSR count). The summed E-state index contributed by atoms with van der Waals surface area (Å²) in [6.07, 6.45) is -0.732. The monoisotopic (exact) mass is 229 g/mol. The molecule has 1 aromatic carbocycles. The SMILES string of the molecule is CC#C[C@@H]1O[C@H](c2ccccc2)NC(=O)[C@@H]1C. The summed E-state index contributed by atoms with van der Waals surface area (Å²) in [6.45, 7) is 3.58. The van der Waals surface area contributed by atoms with Crippen molar-refractivity contribution < 1.29 is 9.53 Å². The third kappa shape index (κ3) is 2.48. The third-order valence-corrected chi connectivity index (χ3v) is 2.81. The Morgan fingerprint density at radius 1 is 1.29 bits per heavy atom. The Balaban J connectivity index is 2.21. The van der Waals surface area contributed by atoms with Crippen molar-refractivity contribution >= 4 is 5.91 Å². The van der Waals surface area contributed by atoms with Crippen LogP contribution in [0.25, 0.3) is 0 Å². The molecular formula is C14H15NO2. The summed E-state index contributed by atoms with van der Waals surface area (Å²) in [4.78, 5) is 11.8. The van der Waals surface area contributed by atoms with E-state index in [1.54, 1.807) is 6.92 Å². The van der Waals surface area contributed by atoms with Gasteiger partial charge in [0.15, 0.2) is 6.23 Å². The average molecular weight is 229 g/mol. The van der Waals surface area contributed by atoms with E-state index in [1.807, 2.05) is 37.3 Å². The smallest absolute Gasteiger partial charge is 0.228 e. The van der Waals surface area contributed by atoms with Crippen molar-refractivity contribution in [2.75, 3.05) is 0 Å². The zero-order valence-corrected chi connectivity index (χ0v) is 9.94. The molecule has 1 aliphatic heterocycles. The number of benzene rings is 1. The van der Waals surface area contributed by atoms with Gasteiger partial charge in [-0.2, -0.15) is 0 Å². The fraction of sp³-hybridized carbons (Fsp3) is 0.357. The standard InChI is InChI=1S/C14H15NO2/c1-3-7-12-10(2)13(16)15-14(17-12)11-8-5-4-6-9-11/h4-6,8-10,12,14H,1-2H3,(H,15,16)/t10-,12+,14-/m1/s1. The van der Waals surface area contributed by atoms with Crippen molar-refractivity contribution in [3.63, 3.8) is 0 Å². The van der Waals surface area contributed by atoms with Gasteiger partial charge in [-0.05, 0) is 6.92 Å². The Hall–Kier alpha value is -1.79. The van der Waals surface area contributed by atoms with Crippen LogP contribution in [-0.4, -0.2) is 12.0 Å². The van der Waals surface area contributed by atoms with Crippen LogP contribution < -0.4 is 5.32 Å². The molecule has 1 saturated heterocycles. The number of hydrogen-bond acceptors (Lipinski definition) is 2. The Bertz CT molecular complexity index is 458. The zero-order valence-electron chi connectivity index (χ0n) is 9.94. The highest BCUT2D eigenvalue weighted by atomic mass is 16.5. The predicted octanol–water partition coefficient (Wildman–Crippen LogP) is 1.86. The van der Waals surface area contributed by atoms with E-state index in [9.17, 15) is 4.79 Å². The molecular weight excluding hydrogens is 214 g/mol. The number of carbonyl (C=O) groups is 1. The van der Waals surface area contributed by atoms with Crippen molar-refractivity contribution in [3.05, 3.63) is 35.9 Å². The van der Waals surface area contributed by atoms with Crippen LogP contribution in [0.5, 0.6) is 0 Å². The summed E-state index contributed by atoms with van der Waals surface area (Å²) < 4.78 is 5.79. The van der Waals surface area contributed by atoms with E-state index in [0.717, 1.165) is 5.56 Å². The number of carbonyl (C=O) groups excluding carboxylic acids is 1. The fourth-order valence-corrected chi connectivity index (χ4v) is 1.79. The minimum Gasteiger partial charge on any atom is -0.337 e. The fourth-order valence-electron chi connectivity index (χ4n) is 1.79. The molecule has 3 heteroatoms. The maximum absolute atomic E-state index is 11.8. The van der Waals surface area contributed by atoms with Gasteiger partial charge in [-0.25, -0.2) is 0 Å². The van der Waals surface area contributed by atoms with Crippen LogP contribution >= 0.6 is 0 Å². The topological polar surface area (TPSA) is 38.3 Å². The first-order valence-corrected chi connectivity index (χ1v) is 5.65. The summed E-state index contributed by atoms with van der Waals surface area (Å²) in [5.74, 6) is 5.49. The van der Waals surface area contributed by atoms with E-state index in [4.69, 9.17) is 4.74 Å². The average Bonchev–Trinajstić information content (AvgIpc) is 2.36. The molecule has 1 aromatic rings. The number of nitrogens with one attached hydrogen (secondary N) is 1. The maximum atomic E-state index is 11.8. The molecule has 0 aliphatic carbocycles. The Kier molecular flexibility index (Phi) is 3.46. The van der Waals surface area contributed by atoms with Crippen LogP contribution in [0.4, 0.5) is 0 Å². The second-order valence-electron chi connectivity index (χ2n) is 4.04. The van der Waals surface area contributed by atoms with Gasteiger partial charge >= 0.3 is 0 Å². The maximum Gasteiger partial charge on any atom is 0.228 e. The van der Waals surface area contributed by atoms with E-state index in [1.165, 1.54) is 0 Å². The lowest BCUT2D eigenvalue weighted by Gasteiger charge is -2.32. The third-order valence-electron chi connectivity index (χ3n) is 2.81. The highest BCUT2D eigenvalue weighted by molar-refractivity contribution is 5.80. The molecule has 1 heterocycles. The van der Waals surface area contributed by atoms with E-state index in [-0.39, 0.29) is 17.9 Å². The summed E-state index contributed by atoms with van der Waals surface area (Å²) >= 11 is 0. The molecule has 3 atom stereocenters. The van der Waals surface area contributed by atoms with E-state index >= 15 is 0 Å². The first kappa shape index (κ1) is 11.7. The minimum absolute atomic E-state index is 0.0159. The lowest BCUT2D eigenvalue weighted by Crippen LogP contribution is -2.46. The minimum atomic E-state index is -0.397. The Morgan fingerprint density at radius 2 is 2.00 bits per heavy atom. The summed E-state index contributed by atoms with van der Waals surface area (Å²) in [6, 6.07) is 9.63. The van der Waals surface area contributed by atoms with Crippen LogP contribution in [0.3, 0.4) is 0 Å². The van der Waals surface area contributed by atoms with Crippen LogP contribution in [0.1, 0.15) is 25.6 Å². The number of rotatable bonds is 1. The van der Waals surface area contributed by atoms with Gasteiger partial charge in [-0.3, -0.25) is 4.79 Å². The summed E-state index contributed by atoms with van der Waals surface area (Å²) in [5.41, 5.74) is 0.940. The molecule has 17 heavy (non-hydrogen) atoms. The molecule has 88 valence electrons. The van der Waals surface area contributed by atoms with Crippen LogP contribution in [-0.2, 0) is 9.53 Å². The summed E-state index contributed by atoms with van der Waals surface area (Å²) in [5, 5.41) is 2.84. The Labute approximate surface area is 101 Å². The molecule has 0 bridgehead atoms. The molecule has 0 unspecified atom stereocenters. The van der Waals surface area contributed by atoms with Crippen molar-refractivity contribution in [1.29, 1.82) is 0 Å². The molecule has 3 nitrogen and oxygen atoms in total. The van der Waals surface area contributed by atoms with E-state index in [0.29, 0.717) is 0 Å². The van der Waals surface area contributed by atoms with Crippen molar-refractivity contribution in [2.24, 2.45) is 5.92 Å². The lowest BCUT2D eigenvalue weighted by atomic mass is 10.0. The highest BCUT2D eigenvalue weighted by Gasteiger charge is 2.33. The van der Waals surface area contributed by atoms with Gasteiger partial charge in [0.25, 0.3) is 0 Å². The van der Waals surface area contributed by atoms with Gasteiger partial charge < -0.3 is 10.1 Å². The lowest BCUT2D eigenvalue weighted by molar-refractivity contribution is -0.146. The predicted molar refractivity (Wildman–Crippen MR) is 64.8 cm³/mol. The zero-order chi connectivity index (χ0) is 12.3. The molecule has 0 spiro atoms. The van der Waals surface area contributed by atoms with Crippen molar-refractivity contribution in [3.8, 4) is 11.8 Å². The first-order chi connectivity index (χ1) is 8.22. The molecule has 1 N–H and O–H groups in total. The number of ether oxygens (including phenoxy) is 1. The molecule has 0 radical (unpaired) electrons. The second kappa shape index (κ2) is 5.03. The quantitative estimate of drug-likeness (QED) is 0.746. The number of amides is 1. The van der Waals surface area contributed by atoms with Gasteiger partial charge in [-0.1, -0.05) is 43.2 Å². The van der Waals surface area contributed by atoms with Gasteiger partial charge in [0.2, 0.25) is 5.91 Å². The van der Waals surface area contributed by atoms with E-state index < -0.39 is 6.23 Å². The molecule has 1 aliphatic rings. The van der Waals surface area contributed by atoms with Gasteiger partial charge in [0.1, 0.15) is 6.10 Å². The molecule has 1 amide bonds. The van der Waals surface area contributed by atoms with Gasteiger partial charge in [0.05, 0.1) is 5.92 Å². The molecule has 1 fully saturated rings. The normalized spacial score (nSPS) is 27.9. The van der Waals surface area contributed by atoms with Crippen LogP contribution in [0.15, 0.2) is 30.3 Å². The van der Waals surface area contributed by atoms with Crippen molar-refractivity contribution in [2.45, 2.75) is 26.2 Å². The molecule has 0 aromatic heterocycles. The Morgan fingerprint density at radius 3 is 2.65 bits per heavy atom. The summed E-state index contributed by atoms with van der Waals surface area (Å²) in [7, 11) is 0.